The van der Waals surface area contributed by atoms with Crippen LogP contribution in [0.3, 0.4) is 0 Å². The van der Waals surface area contributed by atoms with E-state index in [0.717, 1.165) is 12.1 Å². The number of hydrogen-bond donors (Lipinski definition) is 7. The molecule has 8 N–H and O–H groups in total. The summed E-state index contributed by atoms with van der Waals surface area (Å²) in [4.78, 5) is 79.4. The molecular weight excluding hydrogens is 708 g/mol. The van der Waals surface area contributed by atoms with E-state index in [1.54, 1.807) is 6.20 Å². The fraction of sp³-hybridized carbons (Fsp3) is 0.750. The lowest BCUT2D eigenvalue weighted by atomic mass is 9.89. The number of carboxylic acid groups (broad SMARTS) is 1. The van der Waals surface area contributed by atoms with E-state index in [2.05, 4.69) is 25.9 Å². The summed E-state index contributed by atoms with van der Waals surface area (Å²) in [5.41, 5.74) is 6.77. The van der Waals surface area contributed by atoms with Gasteiger partial charge in [-0.15, -0.1) is 0 Å². The highest BCUT2D eigenvalue weighted by Gasteiger charge is 2.26. The number of nitrogens with one attached hydrogen (secondary N) is 4. The highest BCUT2D eigenvalue weighted by Crippen LogP contribution is 2.18. The molecule has 0 aliphatic heterocycles. The number of hydrogen-bond acceptors (Lipinski definition) is 14. The number of nitrogens with two attached hydrogens (primary N) is 1. The van der Waals surface area contributed by atoms with Crippen LogP contribution in [0.15, 0.2) is 12.5 Å². The van der Waals surface area contributed by atoms with Gasteiger partial charge in [0.05, 0.1) is 58.1 Å². The van der Waals surface area contributed by atoms with Gasteiger partial charge in [0.25, 0.3) is 0 Å². The fourth-order valence-corrected chi connectivity index (χ4v) is 5.19. The van der Waals surface area contributed by atoms with Crippen LogP contribution >= 0.6 is 0 Å². The summed E-state index contributed by atoms with van der Waals surface area (Å²) in [6.45, 7) is 5.12. The Hall–Kier alpha value is -3.65. The summed E-state index contributed by atoms with van der Waals surface area (Å²) in [6.07, 6.45) is 6.60. The van der Waals surface area contributed by atoms with Crippen LogP contribution in [-0.2, 0) is 54.1 Å². The summed E-state index contributed by atoms with van der Waals surface area (Å²) in [5, 5.41) is 27.0. The Bertz CT molecular complexity index is 1220. The van der Waals surface area contributed by atoms with Gasteiger partial charge in [-0.05, 0) is 39.0 Å². The largest absolute Gasteiger partial charge is 0.480 e. The SMILES string of the molecule is CCCC(=O)CCCOCCOCC(=O)NCCOCCOCC(=O)NCCCC[C@H](CCC(=O)[C@@H](N)Cc1cnc[nH]1)C(=O)CNC(C(=O)O)[C@@H](C)O. The van der Waals surface area contributed by atoms with Crippen LogP contribution in [0, 0.1) is 5.92 Å². The first kappa shape index (κ1) is 48.4. The molecule has 0 spiro atoms. The zero-order chi connectivity index (χ0) is 40.0. The third-order valence-electron chi connectivity index (χ3n) is 8.20. The molecule has 308 valence electrons. The number of nitrogens with zero attached hydrogens (tertiary/aromatic N) is 1. The van der Waals surface area contributed by atoms with Gasteiger partial charge in [-0.25, -0.2) is 4.98 Å². The van der Waals surface area contributed by atoms with E-state index in [9.17, 15) is 39.0 Å². The number of aromatic nitrogens is 2. The summed E-state index contributed by atoms with van der Waals surface area (Å²) in [6, 6.07) is -2.08. The van der Waals surface area contributed by atoms with Crippen molar-refractivity contribution in [2.24, 2.45) is 11.7 Å². The molecule has 1 unspecified atom stereocenters. The zero-order valence-electron chi connectivity index (χ0n) is 31.8. The Kier molecular flexibility index (Phi) is 27.5. The van der Waals surface area contributed by atoms with Gasteiger partial charge in [-0.2, -0.15) is 0 Å². The average Bonchev–Trinajstić information content (AvgIpc) is 3.64. The van der Waals surface area contributed by atoms with Gasteiger partial charge in [-0.1, -0.05) is 13.3 Å². The zero-order valence-corrected chi connectivity index (χ0v) is 31.8. The lowest BCUT2D eigenvalue weighted by Gasteiger charge is -2.20. The number of carbonyl (C=O) groups is 6. The molecule has 1 heterocycles. The van der Waals surface area contributed by atoms with E-state index >= 15 is 0 Å². The van der Waals surface area contributed by atoms with Crippen molar-refractivity contribution in [3.8, 4) is 0 Å². The van der Waals surface area contributed by atoms with Crippen LogP contribution in [0.2, 0.25) is 0 Å². The second-order valence-electron chi connectivity index (χ2n) is 12.9. The third-order valence-corrected chi connectivity index (χ3v) is 8.20. The number of H-pyrrole nitrogens is 1. The van der Waals surface area contributed by atoms with Crippen LogP contribution in [0.4, 0.5) is 0 Å². The first-order chi connectivity index (χ1) is 25.9. The van der Waals surface area contributed by atoms with Gasteiger partial charge in [0, 0.05) is 63.2 Å². The Morgan fingerprint density at radius 1 is 0.815 bits per heavy atom. The Balaban J connectivity index is 2.20. The van der Waals surface area contributed by atoms with Crippen molar-refractivity contribution in [3.63, 3.8) is 0 Å². The molecule has 4 atom stereocenters. The minimum absolute atomic E-state index is 0.0637. The monoisotopic (exact) mass is 770 g/mol. The van der Waals surface area contributed by atoms with E-state index in [0.29, 0.717) is 58.3 Å². The quantitative estimate of drug-likeness (QED) is 0.0438. The molecule has 54 heavy (non-hydrogen) atoms. The number of carboxylic acids is 1. The summed E-state index contributed by atoms with van der Waals surface area (Å²) in [5.74, 6) is -2.69. The number of amides is 2. The lowest BCUT2D eigenvalue weighted by molar-refractivity contribution is -0.142. The van der Waals surface area contributed by atoms with E-state index in [1.165, 1.54) is 13.3 Å². The highest BCUT2D eigenvalue weighted by molar-refractivity contribution is 5.87. The molecule has 0 aliphatic rings. The van der Waals surface area contributed by atoms with Gasteiger partial charge in [-0.3, -0.25) is 34.1 Å². The molecule has 18 heteroatoms. The Morgan fingerprint density at radius 3 is 2.07 bits per heavy atom. The molecule has 18 nitrogen and oxygen atoms in total. The lowest BCUT2D eigenvalue weighted by Crippen LogP contribution is -2.47. The number of unbranched alkanes of at least 4 members (excludes halogenated alkanes) is 1. The molecule has 1 rings (SSSR count). The summed E-state index contributed by atoms with van der Waals surface area (Å²) in [7, 11) is 0. The molecule has 0 radical (unpaired) electrons. The van der Waals surface area contributed by atoms with Crippen molar-refractivity contribution in [3.05, 3.63) is 18.2 Å². The van der Waals surface area contributed by atoms with Gasteiger partial charge in [0.15, 0.2) is 0 Å². The van der Waals surface area contributed by atoms with Gasteiger partial charge >= 0.3 is 5.97 Å². The van der Waals surface area contributed by atoms with Crippen molar-refractivity contribution >= 4 is 35.1 Å². The van der Waals surface area contributed by atoms with Gasteiger partial charge in [0.2, 0.25) is 11.8 Å². The molecule has 1 aromatic heterocycles. The predicted octanol–water partition coefficient (Wildman–Crippen LogP) is -0.144. The van der Waals surface area contributed by atoms with E-state index in [4.69, 9.17) is 24.7 Å². The molecule has 1 aromatic rings. The number of aliphatic carboxylic acids is 1. The number of carbonyl (C=O) groups excluding carboxylic acids is 5. The topological polar surface area (TPSA) is 271 Å². The summed E-state index contributed by atoms with van der Waals surface area (Å²) < 4.78 is 21.4. The Labute approximate surface area is 317 Å². The van der Waals surface area contributed by atoms with Crippen LogP contribution in [0.1, 0.15) is 77.3 Å². The van der Waals surface area contributed by atoms with E-state index < -0.39 is 30.1 Å². The maximum absolute atomic E-state index is 13.0. The fourth-order valence-electron chi connectivity index (χ4n) is 5.19. The standard InChI is InChI=1S/C36H62N6O12/c1-3-7-29(44)9-6-14-51-16-18-53-24-34(48)40-13-15-52-17-19-54-23-33(47)39-12-5-4-8-27(32(46)22-41-35(26(2)43)36(49)50)10-11-31(45)30(37)20-28-21-38-25-42-28/h21,25-27,30,35,41,43H,3-20,22-24,37H2,1-2H3,(H,38,42)(H,39,47)(H,40,48)(H,49,50)/t26-,27-,30+,35?/m1/s1. The van der Waals surface area contributed by atoms with E-state index in [1.807, 2.05) is 6.92 Å². The maximum atomic E-state index is 13.0. The molecule has 2 amide bonds. The van der Waals surface area contributed by atoms with Crippen LogP contribution in [0.25, 0.3) is 0 Å². The Morgan fingerprint density at radius 2 is 1.46 bits per heavy atom. The molecular formula is C36H62N6O12. The van der Waals surface area contributed by atoms with Crippen LogP contribution in [0.5, 0.6) is 0 Å². The second kappa shape index (κ2) is 30.7. The van der Waals surface area contributed by atoms with Crippen LogP contribution in [-0.4, -0.2) is 146 Å². The number of rotatable bonds is 36. The normalized spacial score (nSPS) is 13.5. The first-order valence-corrected chi connectivity index (χ1v) is 18.7. The highest BCUT2D eigenvalue weighted by atomic mass is 16.5. The summed E-state index contributed by atoms with van der Waals surface area (Å²) >= 11 is 0. The molecule has 0 aromatic carbocycles. The minimum Gasteiger partial charge on any atom is -0.480 e. The predicted molar refractivity (Wildman–Crippen MR) is 196 cm³/mol. The number of aliphatic hydroxyl groups is 1. The molecule has 0 bridgehead atoms. The van der Waals surface area contributed by atoms with Crippen LogP contribution < -0.4 is 21.7 Å². The maximum Gasteiger partial charge on any atom is 0.323 e. The number of aliphatic hydroxyl groups excluding tert-OH is 1. The van der Waals surface area contributed by atoms with Crippen molar-refractivity contribution < 1.29 is 57.9 Å². The smallest absolute Gasteiger partial charge is 0.323 e. The molecule has 0 saturated heterocycles. The van der Waals surface area contributed by atoms with Crippen molar-refractivity contribution in [1.29, 1.82) is 0 Å². The minimum atomic E-state index is -1.32. The second-order valence-corrected chi connectivity index (χ2v) is 12.9. The molecule has 0 saturated carbocycles. The average molecular weight is 771 g/mol. The first-order valence-electron chi connectivity index (χ1n) is 18.7. The number of Topliss-reactive ketones (excluding diaryl/α,β-unsaturated/α-hetero) is 3. The number of imidazole rings is 1. The van der Waals surface area contributed by atoms with Crippen molar-refractivity contribution in [2.75, 3.05) is 72.5 Å². The molecule has 0 fully saturated rings. The number of ether oxygens (including phenoxy) is 4. The van der Waals surface area contributed by atoms with Gasteiger partial charge in [0.1, 0.15) is 36.6 Å². The van der Waals surface area contributed by atoms with Crippen molar-refractivity contribution in [1.82, 2.24) is 25.9 Å². The van der Waals surface area contributed by atoms with Crippen molar-refractivity contribution in [2.45, 2.75) is 96.2 Å². The number of aromatic amines is 1. The number of ketones is 3. The third kappa shape index (κ3) is 24.6. The molecule has 0 aliphatic carbocycles. The van der Waals surface area contributed by atoms with Gasteiger partial charge < -0.3 is 50.5 Å². The van der Waals surface area contributed by atoms with E-state index in [-0.39, 0.29) is 101 Å².